The maximum Gasteiger partial charge on any atom is 0.302 e. The molecule has 3 aliphatic rings. The Morgan fingerprint density at radius 2 is 2.17 bits per heavy atom. The second-order valence-electron chi connectivity index (χ2n) is 8.31. The molecule has 0 aromatic heterocycles. The van der Waals surface area contributed by atoms with Crippen LogP contribution in [0.3, 0.4) is 0 Å². The molecule has 3 unspecified atom stereocenters. The lowest BCUT2D eigenvalue weighted by Crippen LogP contribution is -2.40. The molecule has 0 bridgehead atoms. The first-order chi connectivity index (χ1) is 11.5. The van der Waals surface area contributed by atoms with Crippen LogP contribution in [0.1, 0.15) is 69.1 Å². The largest absolute Gasteiger partial charge is 0.461 e. The first-order valence-corrected chi connectivity index (χ1v) is 9.41. The Hall–Kier alpha value is -1.57. The standard InChI is InChI=1S/C22H28O2/c1-14-4-9-21-20-8-6-17-12-16(13-24-15(2)23)5-7-18(17)19(20)10-11-22(14,21)3/h4-5,7,12,19-21H,6,8-11,13H2,1-3H3/t19?,20?,21?,22-/m1/s1. The highest BCUT2D eigenvalue weighted by molar-refractivity contribution is 5.65. The van der Waals surface area contributed by atoms with Crippen molar-refractivity contribution in [1.82, 2.24) is 0 Å². The SMILES string of the molecule is CC(=O)OCc1ccc2c(c1)CCC1C2CC[C@]2(C)C(C)=CCC12. The van der Waals surface area contributed by atoms with Crippen molar-refractivity contribution in [1.29, 1.82) is 0 Å². The van der Waals surface area contributed by atoms with Gasteiger partial charge in [0.25, 0.3) is 0 Å². The second-order valence-corrected chi connectivity index (χ2v) is 8.31. The van der Waals surface area contributed by atoms with Gasteiger partial charge in [-0.1, -0.05) is 36.8 Å². The van der Waals surface area contributed by atoms with E-state index in [1.165, 1.54) is 44.6 Å². The highest BCUT2D eigenvalue weighted by atomic mass is 16.5. The van der Waals surface area contributed by atoms with Gasteiger partial charge in [0.15, 0.2) is 0 Å². The third-order valence-corrected chi connectivity index (χ3v) is 7.20. The van der Waals surface area contributed by atoms with Gasteiger partial charge in [-0.05, 0) is 78.9 Å². The van der Waals surface area contributed by atoms with Crippen LogP contribution in [0.4, 0.5) is 0 Å². The molecule has 128 valence electrons. The molecule has 0 saturated heterocycles. The lowest BCUT2D eigenvalue weighted by molar-refractivity contribution is -0.142. The predicted octanol–water partition coefficient (Wildman–Crippen LogP) is 5.16. The van der Waals surface area contributed by atoms with Gasteiger partial charge in [-0.3, -0.25) is 4.79 Å². The zero-order valence-electron chi connectivity index (χ0n) is 15.1. The van der Waals surface area contributed by atoms with Crippen LogP contribution >= 0.6 is 0 Å². The van der Waals surface area contributed by atoms with Gasteiger partial charge >= 0.3 is 5.97 Å². The molecule has 1 fully saturated rings. The molecule has 0 amide bonds. The summed E-state index contributed by atoms with van der Waals surface area (Å²) in [7, 11) is 0. The quantitative estimate of drug-likeness (QED) is 0.554. The molecule has 1 saturated carbocycles. The summed E-state index contributed by atoms with van der Waals surface area (Å²) >= 11 is 0. The van der Waals surface area contributed by atoms with Crippen molar-refractivity contribution in [3.8, 4) is 0 Å². The summed E-state index contributed by atoms with van der Waals surface area (Å²) in [5.74, 6) is 2.20. The average Bonchev–Trinajstić information content (AvgIpc) is 2.88. The minimum atomic E-state index is -0.205. The highest BCUT2D eigenvalue weighted by Crippen LogP contribution is 2.60. The van der Waals surface area contributed by atoms with Gasteiger partial charge in [0, 0.05) is 6.92 Å². The summed E-state index contributed by atoms with van der Waals surface area (Å²) in [5.41, 5.74) is 6.28. The first kappa shape index (κ1) is 15.9. The number of allylic oxidation sites excluding steroid dienone is 2. The highest BCUT2D eigenvalue weighted by Gasteiger charge is 2.50. The Bertz CT molecular complexity index is 702. The molecule has 1 aromatic rings. The maximum atomic E-state index is 11.0. The number of carbonyl (C=O) groups is 1. The van der Waals surface area contributed by atoms with Gasteiger partial charge in [0.2, 0.25) is 0 Å². The van der Waals surface area contributed by atoms with E-state index in [2.05, 4.69) is 38.1 Å². The monoisotopic (exact) mass is 324 g/mol. The van der Waals surface area contributed by atoms with Gasteiger partial charge in [-0.25, -0.2) is 0 Å². The zero-order valence-corrected chi connectivity index (χ0v) is 15.1. The average molecular weight is 324 g/mol. The fourth-order valence-corrected chi connectivity index (χ4v) is 5.69. The molecule has 0 radical (unpaired) electrons. The van der Waals surface area contributed by atoms with E-state index in [9.17, 15) is 4.79 Å². The van der Waals surface area contributed by atoms with Crippen molar-refractivity contribution < 1.29 is 9.53 Å². The molecule has 2 heteroatoms. The van der Waals surface area contributed by atoms with E-state index in [0.29, 0.717) is 12.0 Å². The van der Waals surface area contributed by atoms with Gasteiger partial charge in [-0.2, -0.15) is 0 Å². The third kappa shape index (κ3) is 2.42. The second kappa shape index (κ2) is 5.75. The van der Waals surface area contributed by atoms with Gasteiger partial charge in [0.1, 0.15) is 6.61 Å². The minimum absolute atomic E-state index is 0.205. The van der Waals surface area contributed by atoms with Crippen molar-refractivity contribution >= 4 is 5.97 Å². The number of benzene rings is 1. The van der Waals surface area contributed by atoms with Crippen LogP contribution in [0.25, 0.3) is 0 Å². The normalized spacial score (nSPS) is 34.0. The Morgan fingerprint density at radius 3 is 2.96 bits per heavy atom. The predicted molar refractivity (Wildman–Crippen MR) is 95.7 cm³/mol. The molecule has 0 spiro atoms. The minimum Gasteiger partial charge on any atom is -0.461 e. The fourth-order valence-electron chi connectivity index (χ4n) is 5.69. The van der Waals surface area contributed by atoms with Crippen molar-refractivity contribution in [2.24, 2.45) is 17.3 Å². The first-order valence-electron chi connectivity index (χ1n) is 9.41. The number of fused-ring (bicyclic) bond motifs is 5. The Balaban J connectivity index is 1.58. The van der Waals surface area contributed by atoms with E-state index in [0.717, 1.165) is 23.3 Å². The number of hydrogen-bond donors (Lipinski definition) is 0. The van der Waals surface area contributed by atoms with E-state index < -0.39 is 0 Å². The van der Waals surface area contributed by atoms with Crippen LogP contribution in [0.2, 0.25) is 0 Å². The summed E-state index contributed by atoms with van der Waals surface area (Å²) < 4.78 is 5.16. The molecule has 1 aromatic carbocycles. The van der Waals surface area contributed by atoms with Crippen molar-refractivity contribution in [2.75, 3.05) is 0 Å². The summed E-state index contributed by atoms with van der Waals surface area (Å²) in [6.07, 6.45) is 8.93. The van der Waals surface area contributed by atoms with Crippen LogP contribution in [-0.2, 0) is 22.6 Å². The van der Waals surface area contributed by atoms with Crippen LogP contribution in [0.15, 0.2) is 29.8 Å². The number of carbonyl (C=O) groups excluding carboxylic acids is 1. The van der Waals surface area contributed by atoms with Gasteiger partial charge < -0.3 is 4.74 Å². The van der Waals surface area contributed by atoms with E-state index in [-0.39, 0.29) is 5.97 Å². The summed E-state index contributed by atoms with van der Waals surface area (Å²) in [6.45, 7) is 6.73. The molecule has 4 atom stereocenters. The molecule has 3 aliphatic carbocycles. The van der Waals surface area contributed by atoms with E-state index >= 15 is 0 Å². The van der Waals surface area contributed by atoms with E-state index in [4.69, 9.17) is 4.74 Å². The van der Waals surface area contributed by atoms with Crippen molar-refractivity contribution in [2.45, 2.75) is 65.4 Å². The number of ether oxygens (including phenoxy) is 1. The lowest BCUT2D eigenvalue weighted by atomic mass is 9.54. The number of aryl methyl sites for hydroxylation is 1. The number of hydrogen-bond acceptors (Lipinski definition) is 2. The van der Waals surface area contributed by atoms with Crippen molar-refractivity contribution in [3.63, 3.8) is 0 Å². The molecule has 0 N–H and O–H groups in total. The lowest BCUT2D eigenvalue weighted by Gasteiger charge is -2.50. The smallest absolute Gasteiger partial charge is 0.302 e. The van der Waals surface area contributed by atoms with E-state index in [1.54, 1.807) is 11.1 Å². The molecular weight excluding hydrogens is 296 g/mol. The van der Waals surface area contributed by atoms with Crippen molar-refractivity contribution in [3.05, 3.63) is 46.5 Å². The van der Waals surface area contributed by atoms with Gasteiger partial charge in [-0.15, -0.1) is 0 Å². The topological polar surface area (TPSA) is 26.3 Å². The zero-order chi connectivity index (χ0) is 16.9. The Kier molecular flexibility index (Phi) is 3.82. The summed E-state index contributed by atoms with van der Waals surface area (Å²) in [6, 6.07) is 6.76. The Labute approximate surface area is 145 Å². The summed E-state index contributed by atoms with van der Waals surface area (Å²) in [4.78, 5) is 11.0. The Morgan fingerprint density at radius 1 is 1.33 bits per heavy atom. The van der Waals surface area contributed by atoms with Crippen LogP contribution in [0, 0.1) is 17.3 Å². The molecule has 0 aliphatic heterocycles. The fraction of sp³-hybridized carbons (Fsp3) is 0.591. The molecular formula is C22H28O2. The molecule has 4 rings (SSSR count). The third-order valence-electron chi connectivity index (χ3n) is 7.20. The van der Waals surface area contributed by atoms with Crippen LogP contribution in [-0.4, -0.2) is 5.97 Å². The number of rotatable bonds is 2. The maximum absolute atomic E-state index is 11.0. The number of esters is 1. The van der Waals surface area contributed by atoms with Crippen LogP contribution < -0.4 is 0 Å². The van der Waals surface area contributed by atoms with Crippen LogP contribution in [0.5, 0.6) is 0 Å². The molecule has 0 heterocycles. The van der Waals surface area contributed by atoms with E-state index in [1.807, 2.05) is 0 Å². The molecule has 24 heavy (non-hydrogen) atoms. The van der Waals surface area contributed by atoms with Gasteiger partial charge in [0.05, 0.1) is 0 Å². The molecule has 2 nitrogen and oxygen atoms in total. The summed E-state index contributed by atoms with van der Waals surface area (Å²) in [5, 5.41) is 0.